The van der Waals surface area contributed by atoms with Crippen LogP contribution in [0.15, 0.2) is 47.1 Å². The average Bonchev–Trinajstić information content (AvgIpc) is 3.12. The first-order valence-electron chi connectivity index (χ1n) is 8.41. The molecule has 3 amide bonds. The number of ether oxygens (including phenoxy) is 1. The number of hydrogen-bond donors (Lipinski definition) is 3. The fourth-order valence-electron chi connectivity index (χ4n) is 2.13. The van der Waals surface area contributed by atoms with Crippen molar-refractivity contribution in [2.75, 3.05) is 11.9 Å². The van der Waals surface area contributed by atoms with E-state index in [-0.39, 0.29) is 24.8 Å². The van der Waals surface area contributed by atoms with Gasteiger partial charge in [0.2, 0.25) is 5.91 Å². The van der Waals surface area contributed by atoms with Crippen LogP contribution in [0.25, 0.3) is 0 Å². The molecule has 0 aliphatic heterocycles. The molecule has 144 valence electrons. The van der Waals surface area contributed by atoms with Gasteiger partial charge >= 0.3 is 6.09 Å². The Balaban J connectivity index is 1.88. The van der Waals surface area contributed by atoms with Crippen LogP contribution in [0.2, 0.25) is 0 Å². The van der Waals surface area contributed by atoms with Crippen LogP contribution in [-0.4, -0.2) is 30.1 Å². The normalized spacial score (nSPS) is 10.8. The molecule has 1 aromatic heterocycles. The zero-order valence-electron chi connectivity index (χ0n) is 15.5. The summed E-state index contributed by atoms with van der Waals surface area (Å²) in [6.45, 7) is 5.18. The summed E-state index contributed by atoms with van der Waals surface area (Å²) < 4.78 is 10.1. The summed E-state index contributed by atoms with van der Waals surface area (Å²) in [6.07, 6.45) is 0.748. The highest BCUT2D eigenvalue weighted by Crippen LogP contribution is 2.15. The van der Waals surface area contributed by atoms with E-state index in [4.69, 9.17) is 9.15 Å². The first kappa shape index (κ1) is 20.0. The molecule has 0 aliphatic carbocycles. The third-order valence-corrected chi connectivity index (χ3v) is 3.27. The maximum Gasteiger partial charge on any atom is 0.408 e. The molecular formula is C19H23N3O5. The highest BCUT2D eigenvalue weighted by molar-refractivity contribution is 5.95. The van der Waals surface area contributed by atoms with E-state index < -0.39 is 17.6 Å². The van der Waals surface area contributed by atoms with Crippen molar-refractivity contribution in [2.24, 2.45) is 0 Å². The molecule has 27 heavy (non-hydrogen) atoms. The standard InChI is InChI=1S/C19H23N3O5/c1-19(2,3)27-18(25)21-12-16(23)22-14-8-5-4-7-13(14)11-20-17(24)15-9-6-10-26-15/h4-10H,11-12H2,1-3H3,(H,20,24)(H,21,25)(H,22,23). The number of benzene rings is 1. The van der Waals surface area contributed by atoms with E-state index in [2.05, 4.69) is 16.0 Å². The molecule has 0 saturated carbocycles. The average molecular weight is 373 g/mol. The predicted octanol–water partition coefficient (Wildman–Crippen LogP) is 2.67. The molecule has 3 N–H and O–H groups in total. The summed E-state index contributed by atoms with van der Waals surface area (Å²) in [5, 5.41) is 7.81. The summed E-state index contributed by atoms with van der Waals surface area (Å²) in [6, 6.07) is 10.2. The summed E-state index contributed by atoms with van der Waals surface area (Å²) in [5.74, 6) is -0.559. The van der Waals surface area contributed by atoms with Gasteiger partial charge in [-0.2, -0.15) is 0 Å². The Labute approximate surface area is 157 Å². The van der Waals surface area contributed by atoms with Crippen molar-refractivity contribution in [2.45, 2.75) is 32.9 Å². The molecule has 2 aromatic rings. The van der Waals surface area contributed by atoms with Crippen LogP contribution in [-0.2, 0) is 16.1 Å². The van der Waals surface area contributed by atoms with E-state index >= 15 is 0 Å². The van der Waals surface area contributed by atoms with E-state index in [1.54, 1.807) is 57.2 Å². The van der Waals surface area contributed by atoms with Crippen molar-refractivity contribution in [1.29, 1.82) is 0 Å². The van der Waals surface area contributed by atoms with Crippen molar-refractivity contribution in [3.05, 3.63) is 54.0 Å². The molecule has 1 aromatic carbocycles. The Bertz CT molecular complexity index is 794. The van der Waals surface area contributed by atoms with Gasteiger partial charge in [0, 0.05) is 12.2 Å². The van der Waals surface area contributed by atoms with Crippen LogP contribution in [0.4, 0.5) is 10.5 Å². The molecule has 0 spiro atoms. The summed E-state index contributed by atoms with van der Waals surface area (Å²) in [5.41, 5.74) is 0.607. The number of alkyl carbamates (subject to hydrolysis) is 1. The third-order valence-electron chi connectivity index (χ3n) is 3.27. The number of nitrogens with one attached hydrogen (secondary N) is 3. The molecule has 0 atom stereocenters. The van der Waals surface area contributed by atoms with Crippen LogP contribution < -0.4 is 16.0 Å². The minimum Gasteiger partial charge on any atom is -0.459 e. The quantitative estimate of drug-likeness (QED) is 0.721. The second-order valence-electron chi connectivity index (χ2n) is 6.72. The monoisotopic (exact) mass is 373 g/mol. The minimum absolute atomic E-state index is 0.204. The van der Waals surface area contributed by atoms with Gasteiger partial charge in [0.25, 0.3) is 5.91 Å². The van der Waals surface area contributed by atoms with Gasteiger partial charge in [-0.25, -0.2) is 4.79 Å². The van der Waals surface area contributed by atoms with Crippen LogP contribution in [0.1, 0.15) is 36.9 Å². The van der Waals surface area contributed by atoms with Gasteiger partial charge in [-0.3, -0.25) is 9.59 Å². The number of rotatable bonds is 6. The van der Waals surface area contributed by atoms with Crippen LogP contribution >= 0.6 is 0 Å². The first-order valence-corrected chi connectivity index (χ1v) is 8.41. The fourth-order valence-corrected chi connectivity index (χ4v) is 2.13. The van der Waals surface area contributed by atoms with Crippen molar-refractivity contribution < 1.29 is 23.5 Å². The SMILES string of the molecule is CC(C)(C)OC(=O)NCC(=O)Nc1ccccc1CNC(=O)c1ccco1. The lowest BCUT2D eigenvalue weighted by Gasteiger charge is -2.19. The summed E-state index contributed by atoms with van der Waals surface area (Å²) in [7, 11) is 0. The topological polar surface area (TPSA) is 110 Å². The van der Waals surface area contributed by atoms with Crippen molar-refractivity contribution in [1.82, 2.24) is 10.6 Å². The van der Waals surface area contributed by atoms with Crippen LogP contribution in [0.3, 0.4) is 0 Å². The minimum atomic E-state index is -0.670. The zero-order chi connectivity index (χ0) is 19.9. The smallest absolute Gasteiger partial charge is 0.408 e. The number of carbonyl (C=O) groups is 3. The lowest BCUT2D eigenvalue weighted by atomic mass is 10.1. The summed E-state index contributed by atoms with van der Waals surface area (Å²) in [4.78, 5) is 35.6. The Morgan fingerprint density at radius 2 is 1.78 bits per heavy atom. The number of amides is 3. The van der Waals surface area contributed by atoms with Gasteiger partial charge in [-0.1, -0.05) is 18.2 Å². The number of anilines is 1. The number of para-hydroxylation sites is 1. The predicted molar refractivity (Wildman–Crippen MR) is 99.2 cm³/mol. The Hall–Kier alpha value is -3.29. The van der Waals surface area contributed by atoms with Gasteiger partial charge in [0.15, 0.2) is 5.76 Å². The number of carbonyl (C=O) groups excluding carboxylic acids is 3. The summed E-state index contributed by atoms with van der Waals surface area (Å²) >= 11 is 0. The van der Waals surface area contributed by atoms with E-state index in [0.717, 1.165) is 0 Å². The highest BCUT2D eigenvalue weighted by Gasteiger charge is 2.17. The molecule has 8 heteroatoms. The van der Waals surface area contributed by atoms with E-state index in [9.17, 15) is 14.4 Å². The third kappa shape index (κ3) is 6.85. The van der Waals surface area contributed by atoms with Gasteiger partial charge < -0.3 is 25.1 Å². The number of furan rings is 1. The van der Waals surface area contributed by atoms with E-state index in [1.807, 2.05) is 0 Å². The Kier molecular flexibility index (Phi) is 6.59. The van der Waals surface area contributed by atoms with Crippen LogP contribution in [0.5, 0.6) is 0 Å². The molecule has 1 heterocycles. The van der Waals surface area contributed by atoms with Gasteiger partial charge in [0.1, 0.15) is 12.1 Å². The van der Waals surface area contributed by atoms with E-state index in [1.165, 1.54) is 6.26 Å². The van der Waals surface area contributed by atoms with Gasteiger partial charge in [0.05, 0.1) is 6.26 Å². The lowest BCUT2D eigenvalue weighted by Crippen LogP contribution is -2.37. The largest absolute Gasteiger partial charge is 0.459 e. The van der Waals surface area contributed by atoms with Crippen LogP contribution in [0, 0.1) is 0 Å². The molecule has 0 bridgehead atoms. The second kappa shape index (κ2) is 8.88. The first-order chi connectivity index (χ1) is 12.7. The molecular weight excluding hydrogens is 350 g/mol. The molecule has 2 rings (SSSR count). The fraction of sp³-hybridized carbons (Fsp3) is 0.316. The number of hydrogen-bond acceptors (Lipinski definition) is 5. The van der Waals surface area contributed by atoms with Crippen molar-refractivity contribution in [3.63, 3.8) is 0 Å². The highest BCUT2D eigenvalue weighted by atomic mass is 16.6. The Morgan fingerprint density at radius 1 is 1.04 bits per heavy atom. The molecule has 0 fully saturated rings. The van der Waals surface area contributed by atoms with Crippen molar-refractivity contribution >= 4 is 23.6 Å². The molecule has 0 radical (unpaired) electrons. The second-order valence-corrected chi connectivity index (χ2v) is 6.72. The molecule has 8 nitrogen and oxygen atoms in total. The Morgan fingerprint density at radius 3 is 2.44 bits per heavy atom. The zero-order valence-corrected chi connectivity index (χ0v) is 15.5. The molecule has 0 unspecified atom stereocenters. The van der Waals surface area contributed by atoms with E-state index in [0.29, 0.717) is 11.3 Å². The van der Waals surface area contributed by atoms with Gasteiger partial charge in [-0.05, 0) is 44.5 Å². The van der Waals surface area contributed by atoms with Crippen molar-refractivity contribution in [3.8, 4) is 0 Å². The van der Waals surface area contributed by atoms with Gasteiger partial charge in [-0.15, -0.1) is 0 Å². The lowest BCUT2D eigenvalue weighted by molar-refractivity contribution is -0.115. The molecule has 0 saturated heterocycles. The maximum absolute atomic E-state index is 12.1. The molecule has 0 aliphatic rings. The maximum atomic E-state index is 12.1.